The van der Waals surface area contributed by atoms with E-state index in [-0.39, 0.29) is 11.3 Å². The topological polar surface area (TPSA) is 114 Å². The Bertz CT molecular complexity index is 823. The standard InChI is InChI=1S/C15H11BrN4O4/c16-11-6-2-3-7-12(11)18-14(21)15(22)19-17-9-10-5-1-4-8-13(10)20(23)24/h1-9H,(H,18,21)(H,19,22)/b17-9-. The van der Waals surface area contributed by atoms with Gasteiger partial charge in [-0.15, -0.1) is 0 Å². The molecule has 0 aliphatic carbocycles. The zero-order valence-corrected chi connectivity index (χ0v) is 13.7. The van der Waals surface area contributed by atoms with Crippen molar-refractivity contribution in [3.8, 4) is 0 Å². The van der Waals surface area contributed by atoms with Crippen molar-refractivity contribution in [1.29, 1.82) is 0 Å². The number of hydrazone groups is 1. The Morgan fingerprint density at radius 2 is 1.75 bits per heavy atom. The van der Waals surface area contributed by atoms with E-state index in [1.807, 2.05) is 5.43 Å². The molecule has 0 aliphatic heterocycles. The molecule has 0 bridgehead atoms. The van der Waals surface area contributed by atoms with Crippen LogP contribution in [0.25, 0.3) is 0 Å². The molecule has 24 heavy (non-hydrogen) atoms. The van der Waals surface area contributed by atoms with Crippen molar-refractivity contribution in [2.75, 3.05) is 5.32 Å². The van der Waals surface area contributed by atoms with Crippen molar-refractivity contribution >= 4 is 45.3 Å². The largest absolute Gasteiger partial charge is 0.329 e. The van der Waals surface area contributed by atoms with E-state index < -0.39 is 16.7 Å². The van der Waals surface area contributed by atoms with Crippen molar-refractivity contribution in [2.45, 2.75) is 0 Å². The van der Waals surface area contributed by atoms with Crippen molar-refractivity contribution in [3.63, 3.8) is 0 Å². The Morgan fingerprint density at radius 1 is 1.08 bits per heavy atom. The first-order valence-corrected chi connectivity index (χ1v) is 7.40. The summed E-state index contributed by atoms with van der Waals surface area (Å²) < 4.78 is 0.620. The lowest BCUT2D eigenvalue weighted by Gasteiger charge is -2.05. The van der Waals surface area contributed by atoms with Gasteiger partial charge in [0.05, 0.1) is 22.4 Å². The monoisotopic (exact) mass is 390 g/mol. The van der Waals surface area contributed by atoms with Gasteiger partial charge in [0.15, 0.2) is 0 Å². The van der Waals surface area contributed by atoms with E-state index in [4.69, 9.17) is 0 Å². The van der Waals surface area contributed by atoms with Crippen molar-refractivity contribution in [1.82, 2.24) is 5.43 Å². The molecule has 0 atom stereocenters. The highest BCUT2D eigenvalue weighted by Crippen LogP contribution is 2.20. The number of nitrogens with zero attached hydrogens (tertiary/aromatic N) is 2. The Morgan fingerprint density at radius 3 is 2.46 bits per heavy atom. The molecule has 0 unspecified atom stereocenters. The van der Waals surface area contributed by atoms with E-state index in [1.165, 1.54) is 18.2 Å². The van der Waals surface area contributed by atoms with E-state index >= 15 is 0 Å². The number of hydrogen-bond acceptors (Lipinski definition) is 5. The van der Waals surface area contributed by atoms with Crippen LogP contribution in [-0.4, -0.2) is 23.0 Å². The minimum Gasteiger partial charge on any atom is -0.317 e. The third-order valence-electron chi connectivity index (χ3n) is 2.83. The molecule has 2 rings (SSSR count). The molecule has 0 aromatic heterocycles. The van der Waals surface area contributed by atoms with Crippen LogP contribution in [0.1, 0.15) is 5.56 Å². The number of halogens is 1. The highest BCUT2D eigenvalue weighted by molar-refractivity contribution is 9.10. The minimum absolute atomic E-state index is 0.159. The number of hydrogen-bond donors (Lipinski definition) is 2. The Hall–Kier alpha value is -3.07. The number of para-hydroxylation sites is 2. The molecule has 2 N–H and O–H groups in total. The molecular weight excluding hydrogens is 380 g/mol. The van der Waals surface area contributed by atoms with Gasteiger partial charge in [0, 0.05) is 10.5 Å². The summed E-state index contributed by atoms with van der Waals surface area (Å²) in [4.78, 5) is 33.7. The molecule has 0 saturated heterocycles. The molecule has 0 fully saturated rings. The second kappa shape index (κ2) is 7.97. The lowest BCUT2D eigenvalue weighted by molar-refractivity contribution is -0.385. The number of nitro benzene ring substituents is 1. The number of rotatable bonds is 4. The molecule has 0 spiro atoms. The summed E-state index contributed by atoms with van der Waals surface area (Å²) in [6.07, 6.45) is 1.10. The Labute approximate surface area is 144 Å². The molecule has 2 aromatic rings. The van der Waals surface area contributed by atoms with Crippen LogP contribution in [0.5, 0.6) is 0 Å². The zero-order chi connectivity index (χ0) is 17.5. The van der Waals surface area contributed by atoms with Gasteiger partial charge >= 0.3 is 11.8 Å². The van der Waals surface area contributed by atoms with E-state index in [2.05, 4.69) is 26.3 Å². The van der Waals surface area contributed by atoms with E-state index in [9.17, 15) is 19.7 Å². The van der Waals surface area contributed by atoms with Crippen molar-refractivity contribution in [2.24, 2.45) is 5.10 Å². The van der Waals surface area contributed by atoms with Gasteiger partial charge < -0.3 is 5.32 Å². The van der Waals surface area contributed by atoms with Crippen molar-refractivity contribution in [3.05, 3.63) is 68.7 Å². The number of nitrogens with one attached hydrogen (secondary N) is 2. The van der Waals surface area contributed by atoms with Crippen LogP contribution in [0.4, 0.5) is 11.4 Å². The van der Waals surface area contributed by atoms with Gasteiger partial charge in [-0.25, -0.2) is 5.43 Å². The number of anilines is 1. The molecule has 9 heteroatoms. The predicted molar refractivity (Wildman–Crippen MR) is 91.6 cm³/mol. The summed E-state index contributed by atoms with van der Waals surface area (Å²) in [5, 5.41) is 16.8. The van der Waals surface area contributed by atoms with Crippen LogP contribution in [0.2, 0.25) is 0 Å². The fourth-order valence-electron chi connectivity index (χ4n) is 1.72. The fourth-order valence-corrected chi connectivity index (χ4v) is 2.10. The number of carbonyl (C=O) groups excluding carboxylic acids is 2. The molecule has 122 valence electrons. The summed E-state index contributed by atoms with van der Waals surface area (Å²) in [6.45, 7) is 0. The molecule has 0 aliphatic rings. The quantitative estimate of drug-likeness (QED) is 0.361. The fraction of sp³-hybridized carbons (Fsp3) is 0. The summed E-state index contributed by atoms with van der Waals surface area (Å²) in [5.74, 6) is -1.91. The molecule has 0 radical (unpaired) electrons. The highest BCUT2D eigenvalue weighted by Gasteiger charge is 2.14. The molecule has 8 nitrogen and oxygen atoms in total. The predicted octanol–water partition coefficient (Wildman–Crippen LogP) is 2.45. The van der Waals surface area contributed by atoms with Crippen LogP contribution in [-0.2, 0) is 9.59 Å². The van der Waals surface area contributed by atoms with E-state index in [1.54, 1.807) is 30.3 Å². The van der Waals surface area contributed by atoms with Gasteiger partial charge in [-0.3, -0.25) is 19.7 Å². The Balaban J connectivity index is 1.99. The van der Waals surface area contributed by atoms with Crippen LogP contribution in [0.3, 0.4) is 0 Å². The second-order valence-corrected chi connectivity index (χ2v) is 5.30. The van der Waals surface area contributed by atoms with Gasteiger partial charge in [0.2, 0.25) is 0 Å². The first-order valence-electron chi connectivity index (χ1n) is 6.61. The number of amides is 2. The van der Waals surface area contributed by atoms with Crippen LogP contribution >= 0.6 is 15.9 Å². The van der Waals surface area contributed by atoms with Crippen molar-refractivity contribution < 1.29 is 14.5 Å². The van der Waals surface area contributed by atoms with E-state index in [0.29, 0.717) is 10.2 Å². The second-order valence-electron chi connectivity index (χ2n) is 4.45. The molecular formula is C15H11BrN4O4. The SMILES string of the molecule is O=C(N/N=C\c1ccccc1[N+](=O)[O-])C(=O)Nc1ccccc1Br. The van der Waals surface area contributed by atoms with Crippen LogP contribution in [0, 0.1) is 10.1 Å². The smallest absolute Gasteiger partial charge is 0.317 e. The average molecular weight is 391 g/mol. The molecule has 0 heterocycles. The molecule has 0 saturated carbocycles. The van der Waals surface area contributed by atoms with Gasteiger partial charge in [0.25, 0.3) is 5.69 Å². The number of carbonyl (C=O) groups is 2. The van der Waals surface area contributed by atoms with Gasteiger partial charge in [-0.05, 0) is 34.1 Å². The maximum atomic E-state index is 11.8. The third-order valence-corrected chi connectivity index (χ3v) is 3.52. The van der Waals surface area contributed by atoms with Gasteiger partial charge in [-0.2, -0.15) is 5.10 Å². The maximum Gasteiger partial charge on any atom is 0.329 e. The number of nitro groups is 1. The minimum atomic E-state index is -0.999. The molecule has 2 amide bonds. The number of benzene rings is 2. The zero-order valence-electron chi connectivity index (χ0n) is 12.1. The summed E-state index contributed by atoms with van der Waals surface area (Å²) in [7, 11) is 0. The lowest BCUT2D eigenvalue weighted by atomic mass is 10.2. The summed E-state index contributed by atoms with van der Waals surface area (Å²) >= 11 is 3.24. The average Bonchev–Trinajstić information content (AvgIpc) is 2.57. The summed E-state index contributed by atoms with van der Waals surface area (Å²) in [5.41, 5.74) is 2.49. The first-order chi connectivity index (χ1) is 11.5. The van der Waals surface area contributed by atoms with Gasteiger partial charge in [0.1, 0.15) is 0 Å². The maximum absolute atomic E-state index is 11.8. The van der Waals surface area contributed by atoms with E-state index in [0.717, 1.165) is 6.21 Å². The molecule has 2 aromatic carbocycles. The normalized spacial score (nSPS) is 10.4. The lowest BCUT2D eigenvalue weighted by Crippen LogP contribution is -2.32. The highest BCUT2D eigenvalue weighted by atomic mass is 79.9. The summed E-state index contributed by atoms with van der Waals surface area (Å²) in [6, 6.07) is 12.7. The van der Waals surface area contributed by atoms with Gasteiger partial charge in [-0.1, -0.05) is 24.3 Å². The Kier molecular flexibility index (Phi) is 5.74. The van der Waals surface area contributed by atoms with Crippen LogP contribution in [0.15, 0.2) is 58.1 Å². The first kappa shape index (κ1) is 17.3. The third kappa shape index (κ3) is 4.46. The van der Waals surface area contributed by atoms with Crippen LogP contribution < -0.4 is 10.7 Å².